The van der Waals surface area contributed by atoms with Gasteiger partial charge in [-0.05, 0) is 48.1 Å². The van der Waals surface area contributed by atoms with Gasteiger partial charge in [0.05, 0.1) is 24.6 Å². The van der Waals surface area contributed by atoms with Crippen molar-refractivity contribution in [2.75, 3.05) is 13.2 Å². The molecule has 0 spiro atoms. The Bertz CT molecular complexity index is 1090. The van der Waals surface area contributed by atoms with Crippen molar-refractivity contribution in [3.8, 4) is 0 Å². The van der Waals surface area contributed by atoms with Gasteiger partial charge in [0.2, 0.25) is 5.91 Å². The van der Waals surface area contributed by atoms with Gasteiger partial charge in [-0.25, -0.2) is 9.79 Å². The lowest BCUT2D eigenvalue weighted by atomic mass is 9.91. The summed E-state index contributed by atoms with van der Waals surface area (Å²) < 4.78 is 47.4. The molecule has 1 saturated carbocycles. The Morgan fingerprint density at radius 2 is 1.91 bits per heavy atom. The Morgan fingerprint density at radius 1 is 1.23 bits per heavy atom. The van der Waals surface area contributed by atoms with E-state index in [2.05, 4.69) is 10.3 Å². The fourth-order valence-electron chi connectivity index (χ4n) is 4.07. The molecule has 1 N–H and O–H groups in total. The summed E-state index contributed by atoms with van der Waals surface area (Å²) in [6.45, 7) is 6.09. The van der Waals surface area contributed by atoms with Crippen LogP contribution < -0.4 is 5.32 Å². The van der Waals surface area contributed by atoms with Crippen LogP contribution in [0.5, 0.6) is 0 Å². The number of aliphatic imine (C=N–C) groups is 1. The van der Waals surface area contributed by atoms with Crippen molar-refractivity contribution in [1.29, 1.82) is 0 Å². The Kier molecular flexibility index (Phi) is 7.30. The van der Waals surface area contributed by atoms with Gasteiger partial charge in [-0.2, -0.15) is 13.2 Å². The number of alkyl halides is 3. The van der Waals surface area contributed by atoms with E-state index in [-0.39, 0.29) is 30.0 Å². The molecule has 0 radical (unpaired) electrons. The third-order valence-corrected chi connectivity index (χ3v) is 7.01. The molecule has 6 nitrogen and oxygen atoms in total. The smallest absolute Gasteiger partial charge is 0.434 e. The number of esters is 1. The first-order valence-electron chi connectivity index (χ1n) is 11.7. The standard InChI is InChI=1S/C25H28F3N3O3S/c1-4-34-23(33)20-21(17-9-7-16(8-10-17)14(2)3)31-18(11-19(32)29-12-15-5-6-15)13-35-24(31)30-22(20)25(26,27)28/h7-10,13-15,21H,4-6,11-12H2,1-3H3,(H,29,32). The molecule has 188 valence electrons. The number of rotatable bonds is 8. The number of benzene rings is 1. The zero-order valence-corrected chi connectivity index (χ0v) is 20.6. The summed E-state index contributed by atoms with van der Waals surface area (Å²) >= 11 is 1.01. The number of nitrogens with zero attached hydrogens (tertiary/aromatic N) is 2. The maximum Gasteiger partial charge on any atom is 0.434 e. The molecule has 1 amide bonds. The van der Waals surface area contributed by atoms with E-state index in [4.69, 9.17) is 4.74 Å². The largest absolute Gasteiger partial charge is 0.463 e. The number of nitrogens with one attached hydrogen (secondary N) is 1. The van der Waals surface area contributed by atoms with Gasteiger partial charge in [-0.1, -0.05) is 49.9 Å². The minimum Gasteiger partial charge on any atom is -0.463 e. The van der Waals surface area contributed by atoms with Crippen LogP contribution in [0.3, 0.4) is 0 Å². The second-order valence-corrected chi connectivity index (χ2v) is 9.96. The molecule has 1 aromatic carbocycles. The molecule has 0 aromatic heterocycles. The summed E-state index contributed by atoms with van der Waals surface area (Å²) in [6.07, 6.45) is -2.72. The summed E-state index contributed by atoms with van der Waals surface area (Å²) in [5, 5.41) is 4.60. The van der Waals surface area contributed by atoms with Crippen molar-refractivity contribution in [3.05, 3.63) is 57.8 Å². The second-order valence-electron chi connectivity index (χ2n) is 9.12. The zero-order valence-electron chi connectivity index (χ0n) is 19.8. The van der Waals surface area contributed by atoms with E-state index in [0.29, 0.717) is 23.7 Å². The molecule has 0 saturated heterocycles. The number of amides is 1. The first-order valence-corrected chi connectivity index (χ1v) is 12.6. The second kappa shape index (κ2) is 10.1. The molecule has 1 unspecified atom stereocenters. The van der Waals surface area contributed by atoms with Gasteiger partial charge in [0, 0.05) is 12.2 Å². The van der Waals surface area contributed by atoms with Gasteiger partial charge in [-0.15, -0.1) is 0 Å². The molecule has 1 aromatic rings. The molecule has 1 aliphatic carbocycles. The van der Waals surface area contributed by atoms with Crippen LogP contribution in [0.1, 0.15) is 63.1 Å². The van der Waals surface area contributed by atoms with E-state index in [1.807, 2.05) is 26.0 Å². The number of ether oxygens (including phenoxy) is 1. The number of hydrogen-bond donors (Lipinski definition) is 1. The molecule has 1 fully saturated rings. The fraction of sp³-hybridized carbons (Fsp3) is 0.480. The van der Waals surface area contributed by atoms with Crippen LogP contribution in [0.2, 0.25) is 0 Å². The van der Waals surface area contributed by atoms with E-state index in [0.717, 1.165) is 30.2 Å². The van der Waals surface area contributed by atoms with Crippen LogP contribution in [-0.4, -0.2) is 41.3 Å². The molecule has 2 heterocycles. The van der Waals surface area contributed by atoms with Gasteiger partial charge in [0.25, 0.3) is 0 Å². The van der Waals surface area contributed by atoms with Crippen LogP contribution in [0, 0.1) is 5.92 Å². The van der Waals surface area contributed by atoms with E-state index in [1.165, 1.54) is 6.92 Å². The lowest BCUT2D eigenvalue weighted by Gasteiger charge is -2.37. The molecule has 0 bridgehead atoms. The van der Waals surface area contributed by atoms with Crippen molar-refractivity contribution in [1.82, 2.24) is 10.2 Å². The Labute approximate surface area is 206 Å². The molecule has 1 atom stereocenters. The maximum absolute atomic E-state index is 14.1. The highest BCUT2D eigenvalue weighted by Crippen LogP contribution is 2.48. The van der Waals surface area contributed by atoms with Crippen LogP contribution >= 0.6 is 11.8 Å². The predicted molar refractivity (Wildman–Crippen MR) is 128 cm³/mol. The highest BCUT2D eigenvalue weighted by Gasteiger charge is 2.49. The summed E-state index contributed by atoms with van der Waals surface area (Å²) in [6, 6.07) is 6.01. The average Bonchev–Trinajstić information content (AvgIpc) is 3.56. The van der Waals surface area contributed by atoms with Crippen LogP contribution in [0.4, 0.5) is 13.2 Å². The quantitative estimate of drug-likeness (QED) is 0.477. The number of amidine groups is 1. The summed E-state index contributed by atoms with van der Waals surface area (Å²) in [7, 11) is 0. The predicted octanol–water partition coefficient (Wildman–Crippen LogP) is 5.41. The van der Waals surface area contributed by atoms with Crippen LogP contribution in [0.25, 0.3) is 0 Å². The fourth-order valence-corrected chi connectivity index (χ4v) is 4.99. The number of carbonyl (C=O) groups excluding carboxylic acids is 2. The van der Waals surface area contributed by atoms with Crippen LogP contribution in [-0.2, 0) is 14.3 Å². The molecule has 35 heavy (non-hydrogen) atoms. The molecular formula is C25H28F3N3O3S. The average molecular weight is 508 g/mol. The van der Waals surface area contributed by atoms with Gasteiger partial charge < -0.3 is 15.0 Å². The van der Waals surface area contributed by atoms with Crippen molar-refractivity contribution in [3.63, 3.8) is 0 Å². The van der Waals surface area contributed by atoms with Gasteiger partial charge in [-0.3, -0.25) is 4.79 Å². The minimum atomic E-state index is -4.86. The van der Waals surface area contributed by atoms with Crippen molar-refractivity contribution >= 4 is 28.8 Å². The van der Waals surface area contributed by atoms with Gasteiger partial charge in [0.1, 0.15) is 0 Å². The summed E-state index contributed by atoms with van der Waals surface area (Å²) in [4.78, 5) is 30.9. The molecule has 3 aliphatic rings. The number of allylic oxidation sites excluding steroid dienone is 1. The summed E-state index contributed by atoms with van der Waals surface area (Å²) in [5.74, 6) is -0.568. The van der Waals surface area contributed by atoms with E-state index in [9.17, 15) is 22.8 Å². The molecular weight excluding hydrogens is 479 g/mol. The van der Waals surface area contributed by atoms with Crippen molar-refractivity contribution in [2.24, 2.45) is 10.9 Å². The number of carbonyl (C=O) groups is 2. The molecule has 2 aliphatic heterocycles. The third kappa shape index (κ3) is 5.58. The molecule has 4 rings (SSSR count). The molecule has 10 heteroatoms. The van der Waals surface area contributed by atoms with Gasteiger partial charge in [0.15, 0.2) is 10.9 Å². The zero-order chi connectivity index (χ0) is 25.3. The number of fused-ring (bicyclic) bond motifs is 1. The van der Waals surface area contributed by atoms with E-state index < -0.39 is 29.5 Å². The van der Waals surface area contributed by atoms with E-state index >= 15 is 0 Å². The first-order chi connectivity index (χ1) is 16.6. The highest BCUT2D eigenvalue weighted by molar-refractivity contribution is 8.16. The Hall–Kier alpha value is -2.75. The number of halogens is 3. The highest BCUT2D eigenvalue weighted by atomic mass is 32.2. The first kappa shape index (κ1) is 25.3. The minimum absolute atomic E-state index is 0.0310. The number of hydrogen-bond acceptors (Lipinski definition) is 6. The lowest BCUT2D eigenvalue weighted by molar-refractivity contribution is -0.140. The van der Waals surface area contributed by atoms with Gasteiger partial charge >= 0.3 is 12.1 Å². The van der Waals surface area contributed by atoms with Crippen LogP contribution in [0.15, 0.2) is 51.6 Å². The topological polar surface area (TPSA) is 71.0 Å². The maximum atomic E-state index is 14.1. The van der Waals surface area contributed by atoms with Crippen molar-refractivity contribution in [2.45, 2.75) is 58.2 Å². The van der Waals surface area contributed by atoms with E-state index in [1.54, 1.807) is 22.4 Å². The Morgan fingerprint density at radius 3 is 2.49 bits per heavy atom. The lowest BCUT2D eigenvalue weighted by Crippen LogP contribution is -2.40. The normalized spacial score (nSPS) is 20.0. The summed E-state index contributed by atoms with van der Waals surface area (Å²) in [5.41, 5.74) is 0.149. The van der Waals surface area contributed by atoms with Crippen molar-refractivity contribution < 1.29 is 27.5 Å². The SMILES string of the molecule is CCOC(=O)C1=C(C(F)(F)F)N=C2SC=C(CC(=O)NCC3CC3)N2C1c1ccc(C(C)C)cc1. The Balaban J connectivity index is 1.76. The monoisotopic (exact) mass is 507 g/mol. The third-order valence-electron chi connectivity index (χ3n) is 6.12. The number of thioether (sulfide) groups is 1.